The summed E-state index contributed by atoms with van der Waals surface area (Å²) < 4.78 is 42.1. The minimum absolute atomic E-state index is 0.0915. The van der Waals surface area contributed by atoms with E-state index in [1.165, 1.54) is 4.90 Å². The lowest BCUT2D eigenvalue weighted by atomic mass is 10.3. The molecule has 1 aliphatic rings. The van der Waals surface area contributed by atoms with Gasteiger partial charge in [0, 0.05) is 32.7 Å². The lowest BCUT2D eigenvalue weighted by Gasteiger charge is -2.19. The van der Waals surface area contributed by atoms with E-state index in [0.29, 0.717) is 32.0 Å². The highest BCUT2D eigenvalue weighted by molar-refractivity contribution is 5.80. The van der Waals surface area contributed by atoms with E-state index < -0.39 is 12.7 Å². The molecule has 23 heavy (non-hydrogen) atoms. The molecule has 1 saturated heterocycles. The second-order valence-electron chi connectivity index (χ2n) is 5.77. The number of aliphatic imine (C=N–C) groups is 1. The fourth-order valence-electron chi connectivity index (χ4n) is 2.34. The number of nitrogens with zero attached hydrogens (tertiary/aromatic N) is 2. The molecule has 0 saturated carbocycles. The normalized spacial score (nSPS) is 20.0. The lowest BCUT2D eigenvalue weighted by Crippen LogP contribution is -2.45. The zero-order valence-electron chi connectivity index (χ0n) is 13.7. The highest BCUT2D eigenvalue weighted by Gasteiger charge is 2.34. The number of carbonyl (C=O) groups is 1. The standard InChI is InChI=1S/C14H25F3N4O2/c1-10(2)23-12(22)4-6-19-13(18-3)20-11-5-7-21(8-11)9-14(15,16)17/h10-11H,4-9H2,1-3H3,(H2,18,19,20). The summed E-state index contributed by atoms with van der Waals surface area (Å²) in [5.41, 5.74) is 0. The minimum Gasteiger partial charge on any atom is -0.463 e. The van der Waals surface area contributed by atoms with E-state index in [9.17, 15) is 18.0 Å². The third kappa shape index (κ3) is 8.63. The number of hydrogen-bond donors (Lipinski definition) is 2. The number of esters is 1. The first-order valence-corrected chi connectivity index (χ1v) is 7.65. The maximum absolute atomic E-state index is 12.4. The molecular formula is C14H25F3N4O2. The fourth-order valence-corrected chi connectivity index (χ4v) is 2.34. The number of ether oxygens (including phenoxy) is 1. The molecular weight excluding hydrogens is 313 g/mol. The summed E-state index contributed by atoms with van der Waals surface area (Å²) in [4.78, 5) is 16.8. The van der Waals surface area contributed by atoms with Crippen molar-refractivity contribution in [1.29, 1.82) is 0 Å². The number of nitrogens with one attached hydrogen (secondary N) is 2. The smallest absolute Gasteiger partial charge is 0.401 e. The first kappa shape index (κ1) is 19.5. The van der Waals surface area contributed by atoms with Gasteiger partial charge >= 0.3 is 12.1 Å². The van der Waals surface area contributed by atoms with Crippen LogP contribution >= 0.6 is 0 Å². The molecule has 0 aromatic carbocycles. The summed E-state index contributed by atoms with van der Waals surface area (Å²) in [5, 5.41) is 6.03. The number of guanidine groups is 1. The number of rotatable bonds is 6. The van der Waals surface area contributed by atoms with Crippen LogP contribution in [0.2, 0.25) is 0 Å². The van der Waals surface area contributed by atoms with Crippen molar-refractivity contribution in [2.45, 2.75) is 45.0 Å². The summed E-state index contributed by atoms with van der Waals surface area (Å²) in [7, 11) is 1.57. The van der Waals surface area contributed by atoms with Gasteiger partial charge < -0.3 is 15.4 Å². The number of halogens is 3. The van der Waals surface area contributed by atoms with E-state index in [1.807, 2.05) is 0 Å². The molecule has 1 unspecified atom stereocenters. The summed E-state index contributed by atoms with van der Waals surface area (Å²) in [6, 6.07) is -0.0915. The van der Waals surface area contributed by atoms with Gasteiger partial charge in [0.25, 0.3) is 0 Å². The van der Waals surface area contributed by atoms with Crippen LogP contribution in [0.25, 0.3) is 0 Å². The van der Waals surface area contributed by atoms with Gasteiger partial charge in [0.15, 0.2) is 5.96 Å². The quantitative estimate of drug-likeness (QED) is 0.432. The van der Waals surface area contributed by atoms with Crippen LogP contribution in [-0.2, 0) is 9.53 Å². The van der Waals surface area contributed by atoms with Crippen LogP contribution in [-0.4, -0.2) is 68.4 Å². The molecule has 0 amide bonds. The van der Waals surface area contributed by atoms with Crippen LogP contribution < -0.4 is 10.6 Å². The molecule has 1 atom stereocenters. The summed E-state index contributed by atoms with van der Waals surface area (Å²) in [5.74, 6) is 0.168. The van der Waals surface area contributed by atoms with E-state index in [1.54, 1.807) is 20.9 Å². The Labute approximate surface area is 134 Å². The molecule has 0 radical (unpaired) electrons. The molecule has 0 aromatic heterocycles. The van der Waals surface area contributed by atoms with Gasteiger partial charge in [-0.3, -0.25) is 14.7 Å². The van der Waals surface area contributed by atoms with Crippen molar-refractivity contribution in [2.24, 2.45) is 4.99 Å². The van der Waals surface area contributed by atoms with Gasteiger partial charge in [0.1, 0.15) is 0 Å². The first-order chi connectivity index (χ1) is 10.7. The van der Waals surface area contributed by atoms with Crippen molar-refractivity contribution in [3.8, 4) is 0 Å². The summed E-state index contributed by atoms with van der Waals surface area (Å²) in [6.07, 6.45) is -3.51. The maximum atomic E-state index is 12.4. The Hall–Kier alpha value is -1.51. The Morgan fingerprint density at radius 3 is 2.70 bits per heavy atom. The molecule has 0 bridgehead atoms. The monoisotopic (exact) mass is 338 g/mol. The van der Waals surface area contributed by atoms with E-state index in [0.717, 1.165) is 0 Å². The van der Waals surface area contributed by atoms with E-state index in [-0.39, 0.29) is 24.5 Å². The molecule has 1 rings (SSSR count). The Balaban J connectivity index is 2.28. The third-order valence-electron chi connectivity index (χ3n) is 3.23. The van der Waals surface area contributed by atoms with Gasteiger partial charge in [-0.05, 0) is 20.3 Å². The minimum atomic E-state index is -4.18. The second kappa shape index (κ2) is 8.95. The van der Waals surface area contributed by atoms with Gasteiger partial charge in [-0.2, -0.15) is 13.2 Å². The van der Waals surface area contributed by atoms with Gasteiger partial charge in [0.2, 0.25) is 0 Å². The predicted molar refractivity (Wildman–Crippen MR) is 81.2 cm³/mol. The Bertz CT molecular complexity index is 413. The fraction of sp³-hybridized carbons (Fsp3) is 0.857. The van der Waals surface area contributed by atoms with E-state index in [4.69, 9.17) is 4.74 Å². The Morgan fingerprint density at radius 1 is 1.43 bits per heavy atom. The average Bonchev–Trinajstić information content (AvgIpc) is 2.81. The molecule has 2 N–H and O–H groups in total. The van der Waals surface area contributed by atoms with Gasteiger partial charge in [0.05, 0.1) is 19.1 Å². The highest BCUT2D eigenvalue weighted by Crippen LogP contribution is 2.19. The van der Waals surface area contributed by atoms with Crippen LogP contribution in [0.1, 0.15) is 26.7 Å². The lowest BCUT2D eigenvalue weighted by molar-refractivity contribution is -0.147. The van der Waals surface area contributed by atoms with Gasteiger partial charge in [-0.25, -0.2) is 0 Å². The van der Waals surface area contributed by atoms with Crippen molar-refractivity contribution >= 4 is 11.9 Å². The molecule has 0 aromatic rings. The highest BCUT2D eigenvalue weighted by atomic mass is 19.4. The average molecular weight is 338 g/mol. The Morgan fingerprint density at radius 2 is 2.13 bits per heavy atom. The van der Waals surface area contributed by atoms with Crippen molar-refractivity contribution in [1.82, 2.24) is 15.5 Å². The molecule has 0 aliphatic carbocycles. The zero-order chi connectivity index (χ0) is 17.5. The van der Waals surface area contributed by atoms with E-state index in [2.05, 4.69) is 15.6 Å². The maximum Gasteiger partial charge on any atom is 0.401 e. The molecule has 134 valence electrons. The van der Waals surface area contributed by atoms with Crippen LogP contribution in [0.5, 0.6) is 0 Å². The van der Waals surface area contributed by atoms with E-state index >= 15 is 0 Å². The molecule has 1 aliphatic heterocycles. The third-order valence-corrected chi connectivity index (χ3v) is 3.23. The van der Waals surface area contributed by atoms with Crippen molar-refractivity contribution in [3.05, 3.63) is 0 Å². The van der Waals surface area contributed by atoms with Crippen molar-refractivity contribution in [2.75, 3.05) is 33.2 Å². The Kier molecular flexibility index (Phi) is 7.60. The zero-order valence-corrected chi connectivity index (χ0v) is 13.7. The second-order valence-corrected chi connectivity index (χ2v) is 5.77. The molecule has 9 heteroatoms. The van der Waals surface area contributed by atoms with Crippen LogP contribution in [0.15, 0.2) is 4.99 Å². The number of carbonyl (C=O) groups excluding carboxylic acids is 1. The predicted octanol–water partition coefficient (Wildman–Crippen LogP) is 1.13. The van der Waals surface area contributed by atoms with Crippen molar-refractivity contribution in [3.63, 3.8) is 0 Å². The summed E-state index contributed by atoms with van der Waals surface area (Å²) in [6.45, 7) is 3.73. The van der Waals surface area contributed by atoms with Gasteiger partial charge in [-0.15, -0.1) is 0 Å². The molecule has 1 fully saturated rings. The number of alkyl halides is 3. The largest absolute Gasteiger partial charge is 0.463 e. The topological polar surface area (TPSA) is 66.0 Å². The molecule has 1 heterocycles. The van der Waals surface area contributed by atoms with Gasteiger partial charge in [-0.1, -0.05) is 0 Å². The number of likely N-dealkylation sites (tertiary alicyclic amines) is 1. The molecule has 6 nitrogen and oxygen atoms in total. The van der Waals surface area contributed by atoms with Crippen LogP contribution in [0, 0.1) is 0 Å². The van der Waals surface area contributed by atoms with Crippen LogP contribution in [0.4, 0.5) is 13.2 Å². The van der Waals surface area contributed by atoms with Crippen molar-refractivity contribution < 1.29 is 22.7 Å². The summed E-state index contributed by atoms with van der Waals surface area (Å²) >= 11 is 0. The SMILES string of the molecule is CN=C(NCCC(=O)OC(C)C)NC1CCN(CC(F)(F)F)C1. The van der Waals surface area contributed by atoms with Crippen LogP contribution in [0.3, 0.4) is 0 Å². The first-order valence-electron chi connectivity index (χ1n) is 7.65. The number of hydrogen-bond acceptors (Lipinski definition) is 4. The molecule has 0 spiro atoms.